The van der Waals surface area contributed by atoms with Gasteiger partial charge in [-0.15, -0.1) is 0 Å². The quantitative estimate of drug-likeness (QED) is 0.328. The third kappa shape index (κ3) is 8.76. The molecule has 1 aliphatic heterocycles. The molecule has 1 heterocycles. The van der Waals surface area contributed by atoms with Gasteiger partial charge in [0, 0.05) is 13.7 Å². The molecule has 0 aromatic heterocycles. The second-order valence-electron chi connectivity index (χ2n) is 6.52. The van der Waals surface area contributed by atoms with Gasteiger partial charge in [0.2, 0.25) is 0 Å². The Morgan fingerprint density at radius 2 is 1.60 bits per heavy atom. The molecule has 4 atom stereocenters. The molecule has 0 saturated carbocycles. The summed E-state index contributed by atoms with van der Waals surface area (Å²) in [6.45, 7) is 2.59. The molecule has 4 N–H and O–H groups in total. The monoisotopic (exact) mass is 382 g/mol. The summed E-state index contributed by atoms with van der Waals surface area (Å²) in [7, 11) is -2.37. The van der Waals surface area contributed by atoms with E-state index in [0.29, 0.717) is 6.54 Å². The smallest absolute Gasteiger partial charge is 0.279 e. The van der Waals surface area contributed by atoms with Crippen LogP contribution in [0.15, 0.2) is 0 Å². The van der Waals surface area contributed by atoms with Crippen molar-refractivity contribution in [3.63, 3.8) is 0 Å². The summed E-state index contributed by atoms with van der Waals surface area (Å²) >= 11 is 0. The Bertz CT molecular complexity index is 448. The molecule has 1 saturated heterocycles. The van der Waals surface area contributed by atoms with Gasteiger partial charge in [-0.3, -0.25) is 0 Å². The van der Waals surface area contributed by atoms with E-state index < -0.39 is 34.7 Å². The first-order valence-corrected chi connectivity index (χ1v) is 10.7. The van der Waals surface area contributed by atoms with Crippen molar-refractivity contribution in [1.29, 1.82) is 0 Å². The van der Waals surface area contributed by atoms with Crippen LogP contribution in [0.2, 0.25) is 0 Å². The van der Waals surface area contributed by atoms with Gasteiger partial charge in [-0.25, -0.2) is 4.72 Å². The van der Waals surface area contributed by atoms with E-state index in [1.165, 1.54) is 39.2 Å². The molecule has 0 aromatic carbocycles. The lowest BCUT2D eigenvalue weighted by Crippen LogP contribution is -2.48. The minimum absolute atomic E-state index is 0.0716. The molecule has 0 aliphatic carbocycles. The van der Waals surface area contributed by atoms with Crippen LogP contribution < -0.4 is 9.44 Å². The number of hydrogen-bond acceptors (Lipinski definition) is 6. The number of aliphatic hydroxyl groups is 2. The lowest BCUT2D eigenvalue weighted by Gasteiger charge is -2.17. The number of methoxy groups -OCH3 is 1. The standard InChI is InChI=1S/C16H34N2O6S/c1-3-4-5-6-7-8-9-10-11-17-25(21,22)18-16-15(20)14(19)13(24-16)12-23-2/h13-20H,3-12H2,1-2H3/t13-,14-,15+,16?/m1/s1. The van der Waals surface area contributed by atoms with Crippen molar-refractivity contribution < 1.29 is 28.1 Å². The van der Waals surface area contributed by atoms with Crippen LogP contribution >= 0.6 is 0 Å². The minimum Gasteiger partial charge on any atom is -0.387 e. The van der Waals surface area contributed by atoms with Crippen LogP contribution in [0.3, 0.4) is 0 Å². The summed E-state index contributed by atoms with van der Waals surface area (Å²) in [5, 5.41) is 19.7. The summed E-state index contributed by atoms with van der Waals surface area (Å²) in [5.74, 6) is 0. The van der Waals surface area contributed by atoms with Crippen molar-refractivity contribution in [3.05, 3.63) is 0 Å². The van der Waals surface area contributed by atoms with Crippen LogP contribution in [-0.4, -0.2) is 63.4 Å². The highest BCUT2D eigenvalue weighted by Crippen LogP contribution is 2.20. The minimum atomic E-state index is -3.80. The Labute approximate surface area is 151 Å². The highest BCUT2D eigenvalue weighted by Gasteiger charge is 2.44. The number of rotatable bonds is 14. The molecule has 0 aromatic rings. The van der Waals surface area contributed by atoms with Crippen molar-refractivity contribution in [3.8, 4) is 0 Å². The fraction of sp³-hybridized carbons (Fsp3) is 1.00. The highest BCUT2D eigenvalue weighted by molar-refractivity contribution is 7.87. The summed E-state index contributed by atoms with van der Waals surface area (Å²) < 4.78 is 38.8. The van der Waals surface area contributed by atoms with Crippen molar-refractivity contribution in [2.24, 2.45) is 0 Å². The zero-order chi connectivity index (χ0) is 18.7. The van der Waals surface area contributed by atoms with E-state index in [4.69, 9.17) is 9.47 Å². The maximum Gasteiger partial charge on any atom is 0.279 e. The largest absolute Gasteiger partial charge is 0.387 e. The van der Waals surface area contributed by atoms with E-state index in [-0.39, 0.29) is 6.61 Å². The molecular formula is C16H34N2O6S. The van der Waals surface area contributed by atoms with Crippen LogP contribution in [0.4, 0.5) is 0 Å². The number of hydrogen-bond donors (Lipinski definition) is 4. The molecule has 9 heteroatoms. The maximum absolute atomic E-state index is 12.0. The molecule has 25 heavy (non-hydrogen) atoms. The predicted molar refractivity (Wildman–Crippen MR) is 95.2 cm³/mol. The SMILES string of the molecule is CCCCCCCCCCNS(=O)(=O)NC1O[C@H](COC)[C@@H](O)[C@@H]1O. The molecular weight excluding hydrogens is 348 g/mol. The van der Waals surface area contributed by atoms with Crippen molar-refractivity contribution in [1.82, 2.24) is 9.44 Å². The van der Waals surface area contributed by atoms with Crippen molar-refractivity contribution >= 4 is 10.2 Å². The van der Waals surface area contributed by atoms with Crippen LogP contribution in [0.5, 0.6) is 0 Å². The third-order valence-electron chi connectivity index (χ3n) is 4.29. The van der Waals surface area contributed by atoms with Gasteiger partial charge >= 0.3 is 0 Å². The fourth-order valence-electron chi connectivity index (χ4n) is 2.81. The topological polar surface area (TPSA) is 117 Å². The number of unbranched alkanes of at least 4 members (excludes halogenated alkanes) is 7. The molecule has 1 fully saturated rings. The Kier molecular flexibility index (Phi) is 11.1. The third-order valence-corrected chi connectivity index (χ3v) is 5.41. The molecule has 0 radical (unpaired) electrons. The Morgan fingerprint density at radius 3 is 2.20 bits per heavy atom. The van der Waals surface area contributed by atoms with Gasteiger partial charge in [0.25, 0.3) is 10.2 Å². The number of nitrogens with one attached hydrogen (secondary N) is 2. The molecule has 0 spiro atoms. The van der Waals surface area contributed by atoms with Crippen LogP contribution in [-0.2, 0) is 19.7 Å². The average Bonchev–Trinajstić information content (AvgIpc) is 2.81. The lowest BCUT2D eigenvalue weighted by atomic mass is 10.1. The lowest BCUT2D eigenvalue weighted by molar-refractivity contribution is -0.0357. The number of ether oxygens (including phenoxy) is 2. The predicted octanol–water partition coefficient (Wildman–Crippen LogP) is 0.644. The van der Waals surface area contributed by atoms with Crippen molar-refractivity contribution in [2.45, 2.75) is 82.8 Å². The van der Waals surface area contributed by atoms with E-state index in [0.717, 1.165) is 19.3 Å². The zero-order valence-electron chi connectivity index (χ0n) is 15.3. The van der Waals surface area contributed by atoms with Crippen LogP contribution in [0, 0.1) is 0 Å². The van der Waals surface area contributed by atoms with E-state index in [2.05, 4.69) is 16.4 Å². The summed E-state index contributed by atoms with van der Waals surface area (Å²) in [6, 6.07) is 0. The molecule has 1 aliphatic rings. The zero-order valence-corrected chi connectivity index (χ0v) is 16.1. The first-order chi connectivity index (χ1) is 11.9. The van der Waals surface area contributed by atoms with Gasteiger partial charge < -0.3 is 19.7 Å². The van der Waals surface area contributed by atoms with E-state index in [9.17, 15) is 18.6 Å². The van der Waals surface area contributed by atoms with Gasteiger partial charge in [-0.2, -0.15) is 13.1 Å². The molecule has 1 unspecified atom stereocenters. The Balaban J connectivity index is 2.19. The van der Waals surface area contributed by atoms with E-state index in [1.807, 2.05) is 0 Å². The van der Waals surface area contributed by atoms with Gasteiger partial charge in [0.1, 0.15) is 18.3 Å². The first kappa shape index (κ1) is 22.8. The summed E-state index contributed by atoms with van der Waals surface area (Å²) in [6.07, 6.45) is 4.57. The Hall–Kier alpha value is -0.290. The molecule has 0 amide bonds. The Morgan fingerprint density at radius 1 is 1.00 bits per heavy atom. The normalized spacial score (nSPS) is 27.0. The second kappa shape index (κ2) is 12.2. The highest BCUT2D eigenvalue weighted by atomic mass is 32.2. The maximum atomic E-state index is 12.0. The molecule has 8 nitrogen and oxygen atoms in total. The van der Waals surface area contributed by atoms with Crippen LogP contribution in [0.25, 0.3) is 0 Å². The molecule has 150 valence electrons. The van der Waals surface area contributed by atoms with Crippen molar-refractivity contribution in [2.75, 3.05) is 20.3 Å². The van der Waals surface area contributed by atoms with Gasteiger partial charge in [-0.1, -0.05) is 51.9 Å². The molecule has 0 bridgehead atoms. The fourth-order valence-corrected chi connectivity index (χ4v) is 3.81. The van der Waals surface area contributed by atoms with Crippen LogP contribution in [0.1, 0.15) is 58.3 Å². The number of aliphatic hydroxyl groups excluding tert-OH is 2. The summed E-state index contributed by atoms with van der Waals surface area (Å²) in [4.78, 5) is 0. The first-order valence-electron chi connectivity index (χ1n) is 9.18. The van der Waals surface area contributed by atoms with Gasteiger partial charge in [0.15, 0.2) is 6.23 Å². The second-order valence-corrected chi connectivity index (χ2v) is 8.05. The molecule has 1 rings (SSSR count). The summed E-state index contributed by atoms with van der Waals surface area (Å²) in [5.41, 5.74) is 0. The van der Waals surface area contributed by atoms with E-state index in [1.54, 1.807) is 0 Å². The van der Waals surface area contributed by atoms with Gasteiger partial charge in [0.05, 0.1) is 6.61 Å². The average molecular weight is 383 g/mol. The van der Waals surface area contributed by atoms with E-state index >= 15 is 0 Å². The van der Waals surface area contributed by atoms with Gasteiger partial charge in [-0.05, 0) is 6.42 Å².